The number of hydrogen-bond acceptors (Lipinski definition) is 5. The number of aromatic nitrogens is 1. The fourth-order valence-electron chi connectivity index (χ4n) is 3.85. The van der Waals surface area contributed by atoms with Gasteiger partial charge in [0, 0.05) is 45.1 Å². The van der Waals surface area contributed by atoms with Gasteiger partial charge in [-0.2, -0.15) is 0 Å². The zero-order valence-electron chi connectivity index (χ0n) is 16.3. The SMILES string of the molecule is CC(C)N1CCC(CC(=O)N2CCc3onc(C(=O)N(C)C)c3C2)CC1. The van der Waals surface area contributed by atoms with Crippen molar-refractivity contribution in [2.45, 2.75) is 52.1 Å². The van der Waals surface area contributed by atoms with Crippen LogP contribution in [0.4, 0.5) is 0 Å². The van der Waals surface area contributed by atoms with Gasteiger partial charge in [-0.3, -0.25) is 9.59 Å². The molecule has 2 amide bonds. The summed E-state index contributed by atoms with van der Waals surface area (Å²) in [4.78, 5) is 30.9. The maximum atomic E-state index is 12.8. The fourth-order valence-corrected chi connectivity index (χ4v) is 3.85. The molecule has 144 valence electrons. The first kappa shape index (κ1) is 18.9. The van der Waals surface area contributed by atoms with Gasteiger partial charge in [-0.25, -0.2) is 0 Å². The number of carbonyl (C=O) groups excluding carboxylic acids is 2. The van der Waals surface area contributed by atoms with Crippen LogP contribution in [0.5, 0.6) is 0 Å². The molecular weight excluding hydrogens is 332 g/mol. The molecule has 1 saturated heterocycles. The zero-order valence-corrected chi connectivity index (χ0v) is 16.3. The summed E-state index contributed by atoms with van der Waals surface area (Å²) in [5, 5.41) is 3.94. The van der Waals surface area contributed by atoms with Gasteiger partial charge >= 0.3 is 0 Å². The molecule has 0 atom stereocenters. The Morgan fingerprint density at radius 1 is 1.23 bits per heavy atom. The molecule has 0 N–H and O–H groups in total. The van der Waals surface area contributed by atoms with Crippen LogP contribution in [0.3, 0.4) is 0 Å². The Kier molecular flexibility index (Phi) is 5.65. The Morgan fingerprint density at radius 3 is 2.54 bits per heavy atom. The van der Waals surface area contributed by atoms with Gasteiger partial charge in [0.1, 0.15) is 5.76 Å². The van der Waals surface area contributed by atoms with Crippen LogP contribution in [0.2, 0.25) is 0 Å². The third-order valence-electron chi connectivity index (χ3n) is 5.63. The van der Waals surface area contributed by atoms with E-state index in [1.54, 1.807) is 14.1 Å². The van der Waals surface area contributed by atoms with E-state index in [1.165, 1.54) is 4.90 Å². The maximum absolute atomic E-state index is 12.8. The molecule has 2 aliphatic heterocycles. The highest BCUT2D eigenvalue weighted by Gasteiger charge is 2.31. The third-order valence-corrected chi connectivity index (χ3v) is 5.63. The van der Waals surface area contributed by atoms with Crippen LogP contribution in [0.1, 0.15) is 54.9 Å². The average Bonchev–Trinajstić information content (AvgIpc) is 3.04. The van der Waals surface area contributed by atoms with Gasteiger partial charge in [0.15, 0.2) is 5.69 Å². The summed E-state index contributed by atoms with van der Waals surface area (Å²) in [5.41, 5.74) is 1.12. The molecule has 2 aliphatic rings. The first-order valence-corrected chi connectivity index (χ1v) is 9.57. The Hall–Kier alpha value is -1.89. The lowest BCUT2D eigenvalue weighted by Gasteiger charge is -2.35. The minimum atomic E-state index is -0.176. The van der Waals surface area contributed by atoms with Gasteiger partial charge in [-0.15, -0.1) is 0 Å². The van der Waals surface area contributed by atoms with Crippen LogP contribution >= 0.6 is 0 Å². The van der Waals surface area contributed by atoms with Crippen LogP contribution in [-0.4, -0.2) is 71.4 Å². The molecule has 0 unspecified atom stereocenters. The predicted octanol–water partition coefficient (Wildman–Crippen LogP) is 1.77. The van der Waals surface area contributed by atoms with Crippen molar-refractivity contribution in [3.05, 3.63) is 17.0 Å². The summed E-state index contributed by atoms with van der Waals surface area (Å²) in [6.07, 6.45) is 3.39. The van der Waals surface area contributed by atoms with Gasteiger partial charge in [0.05, 0.1) is 6.54 Å². The summed E-state index contributed by atoms with van der Waals surface area (Å²) in [5.74, 6) is 1.21. The van der Waals surface area contributed by atoms with Crippen LogP contribution < -0.4 is 0 Å². The van der Waals surface area contributed by atoms with Crippen LogP contribution in [-0.2, 0) is 17.8 Å². The highest BCUT2D eigenvalue weighted by molar-refractivity contribution is 5.93. The van der Waals surface area contributed by atoms with E-state index in [2.05, 4.69) is 23.9 Å². The molecule has 7 nitrogen and oxygen atoms in total. The molecule has 26 heavy (non-hydrogen) atoms. The molecule has 0 radical (unpaired) electrons. The number of amides is 2. The van der Waals surface area contributed by atoms with Crippen LogP contribution in [0.15, 0.2) is 4.52 Å². The van der Waals surface area contributed by atoms with Crippen molar-refractivity contribution in [1.29, 1.82) is 0 Å². The second kappa shape index (κ2) is 7.78. The largest absolute Gasteiger partial charge is 0.360 e. The second-order valence-electron chi connectivity index (χ2n) is 7.98. The average molecular weight is 362 g/mol. The van der Waals surface area contributed by atoms with Crippen molar-refractivity contribution in [2.24, 2.45) is 5.92 Å². The molecule has 1 fully saturated rings. The van der Waals surface area contributed by atoms with Crippen LogP contribution in [0.25, 0.3) is 0 Å². The number of fused-ring (bicyclic) bond motifs is 1. The number of piperidine rings is 1. The quantitative estimate of drug-likeness (QED) is 0.816. The van der Waals surface area contributed by atoms with Gasteiger partial charge in [-0.05, 0) is 45.7 Å². The monoisotopic (exact) mass is 362 g/mol. The summed E-state index contributed by atoms with van der Waals surface area (Å²) in [7, 11) is 3.39. The predicted molar refractivity (Wildman–Crippen MR) is 97.7 cm³/mol. The molecule has 1 aromatic heterocycles. The van der Waals surface area contributed by atoms with E-state index in [4.69, 9.17) is 4.52 Å². The first-order chi connectivity index (χ1) is 12.4. The van der Waals surface area contributed by atoms with E-state index in [0.717, 1.165) is 37.3 Å². The van der Waals surface area contributed by atoms with E-state index in [0.29, 0.717) is 43.6 Å². The molecule has 7 heteroatoms. The number of rotatable bonds is 4. The number of nitrogens with zero attached hydrogens (tertiary/aromatic N) is 4. The van der Waals surface area contributed by atoms with E-state index < -0.39 is 0 Å². The topological polar surface area (TPSA) is 69.9 Å². The molecule has 3 heterocycles. The number of carbonyl (C=O) groups is 2. The highest BCUT2D eigenvalue weighted by atomic mass is 16.5. The molecule has 1 aromatic rings. The zero-order chi connectivity index (χ0) is 18.8. The Morgan fingerprint density at radius 2 is 1.92 bits per heavy atom. The van der Waals surface area contributed by atoms with Crippen molar-refractivity contribution in [2.75, 3.05) is 33.7 Å². The van der Waals surface area contributed by atoms with E-state index >= 15 is 0 Å². The molecular formula is C19H30N4O3. The molecule has 0 aromatic carbocycles. The lowest BCUT2D eigenvalue weighted by Crippen LogP contribution is -2.41. The number of likely N-dealkylation sites (tertiary alicyclic amines) is 1. The molecule has 0 bridgehead atoms. The third kappa shape index (κ3) is 3.92. The lowest BCUT2D eigenvalue weighted by atomic mass is 9.92. The minimum absolute atomic E-state index is 0.176. The standard InChI is InChI=1S/C19H30N4O3/c1-13(2)22-8-5-14(6-9-22)11-17(24)23-10-7-16-15(12-23)18(20-26-16)19(25)21(3)4/h13-14H,5-12H2,1-4H3. The Bertz CT molecular complexity index is 660. The fraction of sp³-hybridized carbons (Fsp3) is 0.737. The lowest BCUT2D eigenvalue weighted by molar-refractivity contribution is -0.133. The molecule has 0 saturated carbocycles. The van der Waals surface area contributed by atoms with Crippen molar-refractivity contribution in [1.82, 2.24) is 19.9 Å². The smallest absolute Gasteiger partial charge is 0.275 e. The molecule has 0 aliphatic carbocycles. The second-order valence-corrected chi connectivity index (χ2v) is 7.98. The normalized spacial score (nSPS) is 18.9. The van der Waals surface area contributed by atoms with Crippen molar-refractivity contribution in [3.63, 3.8) is 0 Å². The van der Waals surface area contributed by atoms with Gasteiger partial charge < -0.3 is 19.2 Å². The first-order valence-electron chi connectivity index (χ1n) is 9.57. The minimum Gasteiger partial charge on any atom is -0.360 e. The Labute approximate surface area is 155 Å². The maximum Gasteiger partial charge on any atom is 0.275 e. The van der Waals surface area contributed by atoms with E-state index in [9.17, 15) is 9.59 Å². The van der Waals surface area contributed by atoms with E-state index in [-0.39, 0.29) is 11.8 Å². The van der Waals surface area contributed by atoms with Gasteiger partial charge in [0.2, 0.25) is 5.91 Å². The van der Waals surface area contributed by atoms with Crippen LogP contribution in [0, 0.1) is 5.92 Å². The summed E-state index contributed by atoms with van der Waals surface area (Å²) < 4.78 is 5.33. The summed E-state index contributed by atoms with van der Waals surface area (Å²) in [6.45, 7) is 7.67. The highest BCUT2D eigenvalue weighted by Crippen LogP contribution is 2.27. The van der Waals surface area contributed by atoms with E-state index in [1.807, 2.05) is 4.90 Å². The van der Waals surface area contributed by atoms with Crippen molar-refractivity contribution < 1.29 is 14.1 Å². The van der Waals surface area contributed by atoms with Gasteiger partial charge in [-0.1, -0.05) is 5.16 Å². The molecule has 3 rings (SSSR count). The number of hydrogen-bond donors (Lipinski definition) is 0. The van der Waals surface area contributed by atoms with Gasteiger partial charge in [0.25, 0.3) is 5.91 Å². The summed E-state index contributed by atoms with van der Waals surface area (Å²) >= 11 is 0. The summed E-state index contributed by atoms with van der Waals surface area (Å²) in [6, 6.07) is 0.577. The molecule has 0 spiro atoms. The van der Waals surface area contributed by atoms with Crippen molar-refractivity contribution in [3.8, 4) is 0 Å². The Balaban J connectivity index is 1.59. The van der Waals surface area contributed by atoms with Crippen molar-refractivity contribution >= 4 is 11.8 Å².